The van der Waals surface area contributed by atoms with Gasteiger partial charge >= 0.3 is 0 Å². The van der Waals surface area contributed by atoms with Gasteiger partial charge in [-0.25, -0.2) is 0 Å². The standard InChI is InChI=1S/C20H12N4OS2/c1-26-20-24-19(25)17(27-20)8-12-4-5-16-15(7-12)18(14(9-21)11-23-16)13-3-2-6-22-10-13/h2-8,10-11H,1H3/b17-8-. The first kappa shape index (κ1) is 17.5. The zero-order valence-corrected chi connectivity index (χ0v) is 15.8. The third kappa shape index (κ3) is 3.37. The van der Waals surface area contributed by atoms with E-state index >= 15 is 0 Å². The lowest BCUT2D eigenvalue weighted by atomic mass is 9.97. The van der Waals surface area contributed by atoms with Crippen molar-refractivity contribution in [2.45, 2.75) is 0 Å². The van der Waals surface area contributed by atoms with Gasteiger partial charge in [0.15, 0.2) is 0 Å². The predicted octanol–water partition coefficient (Wildman–Crippen LogP) is 4.50. The number of fused-ring (bicyclic) bond motifs is 1. The number of benzene rings is 1. The van der Waals surface area contributed by atoms with Gasteiger partial charge in [0.2, 0.25) is 0 Å². The van der Waals surface area contributed by atoms with Gasteiger partial charge in [-0.3, -0.25) is 14.8 Å². The van der Waals surface area contributed by atoms with Crippen molar-refractivity contribution < 1.29 is 4.79 Å². The summed E-state index contributed by atoms with van der Waals surface area (Å²) in [4.78, 5) is 25.2. The summed E-state index contributed by atoms with van der Waals surface area (Å²) in [6.07, 6.45) is 8.73. The van der Waals surface area contributed by atoms with Gasteiger partial charge in [-0.2, -0.15) is 10.3 Å². The zero-order valence-electron chi connectivity index (χ0n) is 14.2. The summed E-state index contributed by atoms with van der Waals surface area (Å²) in [7, 11) is 0. The summed E-state index contributed by atoms with van der Waals surface area (Å²) in [5.74, 6) is -0.221. The van der Waals surface area contributed by atoms with E-state index in [0.717, 1.165) is 32.0 Å². The average Bonchev–Trinajstić information content (AvgIpc) is 3.07. The molecule has 130 valence electrons. The van der Waals surface area contributed by atoms with Crippen molar-refractivity contribution in [2.24, 2.45) is 4.99 Å². The first-order chi connectivity index (χ1) is 13.2. The molecule has 0 aliphatic carbocycles. The fourth-order valence-electron chi connectivity index (χ4n) is 2.83. The molecule has 7 heteroatoms. The van der Waals surface area contributed by atoms with Gasteiger partial charge in [-0.05, 0) is 36.1 Å². The van der Waals surface area contributed by atoms with E-state index in [1.165, 1.54) is 23.5 Å². The topological polar surface area (TPSA) is 79.0 Å². The Bertz CT molecular complexity index is 1160. The van der Waals surface area contributed by atoms with Crippen LogP contribution in [0.5, 0.6) is 0 Å². The van der Waals surface area contributed by atoms with Gasteiger partial charge in [-0.1, -0.05) is 23.9 Å². The molecule has 1 aromatic carbocycles. The maximum absolute atomic E-state index is 12.0. The second kappa shape index (κ2) is 7.35. The lowest BCUT2D eigenvalue weighted by molar-refractivity contribution is -0.113. The average molecular weight is 388 g/mol. The van der Waals surface area contributed by atoms with Gasteiger partial charge in [-0.15, -0.1) is 11.8 Å². The molecule has 0 N–H and O–H groups in total. The Balaban J connectivity index is 1.87. The van der Waals surface area contributed by atoms with Crippen LogP contribution in [0.1, 0.15) is 11.1 Å². The van der Waals surface area contributed by atoms with Crippen LogP contribution in [0, 0.1) is 11.3 Å². The summed E-state index contributed by atoms with van der Waals surface area (Å²) in [5, 5.41) is 10.4. The van der Waals surface area contributed by atoms with Crippen molar-refractivity contribution >= 4 is 50.8 Å². The highest BCUT2D eigenvalue weighted by Crippen LogP contribution is 2.35. The number of carbonyl (C=O) groups is 1. The van der Waals surface area contributed by atoms with Gasteiger partial charge in [0, 0.05) is 35.1 Å². The van der Waals surface area contributed by atoms with E-state index in [4.69, 9.17) is 0 Å². The van der Waals surface area contributed by atoms with Gasteiger partial charge in [0.05, 0.1) is 16.0 Å². The number of carbonyl (C=O) groups excluding carboxylic acids is 1. The molecule has 0 unspecified atom stereocenters. The fraction of sp³-hybridized carbons (Fsp3) is 0.0500. The van der Waals surface area contributed by atoms with E-state index in [9.17, 15) is 10.1 Å². The molecule has 1 aliphatic rings. The molecule has 3 heterocycles. The molecule has 0 saturated carbocycles. The molecule has 1 aliphatic heterocycles. The number of pyridine rings is 2. The Morgan fingerprint density at radius 3 is 2.85 bits per heavy atom. The molecule has 2 aromatic heterocycles. The van der Waals surface area contributed by atoms with E-state index in [1.54, 1.807) is 18.6 Å². The number of nitriles is 1. The molecule has 0 fully saturated rings. The number of rotatable bonds is 2. The van der Waals surface area contributed by atoms with Crippen LogP contribution in [0.15, 0.2) is 58.8 Å². The molecule has 5 nitrogen and oxygen atoms in total. The minimum atomic E-state index is -0.221. The van der Waals surface area contributed by atoms with E-state index in [0.29, 0.717) is 10.5 Å². The van der Waals surface area contributed by atoms with Crippen molar-refractivity contribution in [3.63, 3.8) is 0 Å². The Morgan fingerprint density at radius 2 is 2.15 bits per heavy atom. The molecule has 0 spiro atoms. The second-order valence-electron chi connectivity index (χ2n) is 5.67. The minimum absolute atomic E-state index is 0.221. The molecule has 0 bridgehead atoms. The molecule has 4 rings (SSSR count). The Kier molecular flexibility index (Phi) is 4.75. The maximum atomic E-state index is 12.0. The number of aromatic nitrogens is 2. The fourth-order valence-corrected chi connectivity index (χ4v) is 4.26. The highest BCUT2D eigenvalue weighted by atomic mass is 32.2. The van der Waals surface area contributed by atoms with Gasteiger partial charge < -0.3 is 0 Å². The van der Waals surface area contributed by atoms with Crippen molar-refractivity contribution in [3.05, 3.63) is 65.0 Å². The van der Waals surface area contributed by atoms with Crippen molar-refractivity contribution in [3.8, 4) is 17.2 Å². The van der Waals surface area contributed by atoms with Crippen LogP contribution >= 0.6 is 23.5 Å². The van der Waals surface area contributed by atoms with Crippen molar-refractivity contribution in [1.29, 1.82) is 5.26 Å². The number of thioether (sulfide) groups is 2. The lowest BCUT2D eigenvalue weighted by Gasteiger charge is -2.09. The Hall–Kier alpha value is -2.95. The Labute approximate surface area is 164 Å². The number of aliphatic imine (C=N–C) groups is 1. The normalized spacial score (nSPS) is 15.2. The van der Waals surface area contributed by atoms with Crippen molar-refractivity contribution in [2.75, 3.05) is 6.26 Å². The molecule has 3 aromatic rings. The maximum Gasteiger partial charge on any atom is 0.285 e. The monoisotopic (exact) mass is 388 g/mol. The molecule has 0 saturated heterocycles. The van der Waals surface area contributed by atoms with E-state index < -0.39 is 0 Å². The van der Waals surface area contributed by atoms with E-state index in [1.807, 2.05) is 42.7 Å². The molecule has 1 amide bonds. The highest BCUT2D eigenvalue weighted by molar-refractivity contribution is 8.40. The third-order valence-corrected chi connectivity index (χ3v) is 6.00. The zero-order chi connectivity index (χ0) is 18.8. The lowest BCUT2D eigenvalue weighted by Crippen LogP contribution is -1.92. The number of nitrogens with zero attached hydrogens (tertiary/aromatic N) is 4. The quantitative estimate of drug-likeness (QED) is 0.601. The van der Waals surface area contributed by atoms with Gasteiger partial charge in [0.1, 0.15) is 10.4 Å². The summed E-state index contributed by atoms with van der Waals surface area (Å²) >= 11 is 2.83. The predicted molar refractivity (Wildman–Crippen MR) is 111 cm³/mol. The summed E-state index contributed by atoms with van der Waals surface area (Å²) in [6, 6.07) is 11.7. The number of hydrogen-bond acceptors (Lipinski definition) is 6. The molecule has 0 atom stereocenters. The van der Waals surface area contributed by atoms with Gasteiger partial charge in [0.25, 0.3) is 5.91 Å². The van der Waals surface area contributed by atoms with Crippen LogP contribution in [0.2, 0.25) is 0 Å². The minimum Gasteiger partial charge on any atom is -0.266 e. The van der Waals surface area contributed by atoms with Crippen LogP contribution in [-0.4, -0.2) is 26.5 Å². The van der Waals surface area contributed by atoms with E-state index in [-0.39, 0.29) is 5.91 Å². The van der Waals surface area contributed by atoms with Crippen LogP contribution in [0.25, 0.3) is 28.1 Å². The largest absolute Gasteiger partial charge is 0.285 e. The van der Waals surface area contributed by atoms with Crippen LogP contribution in [0.4, 0.5) is 0 Å². The van der Waals surface area contributed by atoms with Crippen LogP contribution in [-0.2, 0) is 4.79 Å². The summed E-state index contributed by atoms with van der Waals surface area (Å²) < 4.78 is 0.747. The molecule has 0 radical (unpaired) electrons. The van der Waals surface area contributed by atoms with E-state index in [2.05, 4.69) is 21.0 Å². The Morgan fingerprint density at radius 1 is 1.26 bits per heavy atom. The first-order valence-electron chi connectivity index (χ1n) is 7.99. The van der Waals surface area contributed by atoms with Crippen molar-refractivity contribution in [1.82, 2.24) is 9.97 Å². The number of hydrogen-bond donors (Lipinski definition) is 0. The first-order valence-corrected chi connectivity index (χ1v) is 10.0. The smallest absolute Gasteiger partial charge is 0.266 e. The van der Waals surface area contributed by atoms with Crippen LogP contribution in [0.3, 0.4) is 0 Å². The second-order valence-corrected chi connectivity index (χ2v) is 7.76. The summed E-state index contributed by atoms with van der Waals surface area (Å²) in [5.41, 5.74) is 3.77. The molecular formula is C20H12N4OS2. The number of amides is 1. The molecular weight excluding hydrogens is 376 g/mol. The van der Waals surface area contributed by atoms with Crippen LogP contribution < -0.4 is 0 Å². The third-order valence-electron chi connectivity index (χ3n) is 4.04. The molecule has 27 heavy (non-hydrogen) atoms. The highest BCUT2D eigenvalue weighted by Gasteiger charge is 2.21. The summed E-state index contributed by atoms with van der Waals surface area (Å²) in [6.45, 7) is 0. The SMILES string of the molecule is CSC1=NC(=O)/C(=C/c2ccc3ncc(C#N)c(-c4cccnc4)c3c2)S1.